The normalized spacial score (nSPS) is 33.2. The molecule has 2 heteroatoms. The molecule has 0 saturated heterocycles. The van der Waals surface area contributed by atoms with Crippen LogP contribution in [0.25, 0.3) is 0 Å². The zero-order chi connectivity index (χ0) is 34.6. The minimum atomic E-state index is 0.0534. The van der Waals surface area contributed by atoms with Crippen LogP contribution < -0.4 is 0 Å². The van der Waals surface area contributed by atoms with E-state index in [-0.39, 0.29) is 12.1 Å². The molecule has 0 heterocycles. The van der Waals surface area contributed by atoms with E-state index in [1.807, 2.05) is 5.57 Å². The average molecular weight is 661 g/mol. The zero-order valence-electron chi connectivity index (χ0n) is 32.6. The Kier molecular flexibility index (Phi) is 15.6. The summed E-state index contributed by atoms with van der Waals surface area (Å²) in [5, 5.41) is 0. The van der Waals surface area contributed by atoms with Crippen LogP contribution in [-0.4, -0.2) is 12.1 Å². The second-order valence-corrected chi connectivity index (χ2v) is 17.7. The predicted octanol–water partition coefficient (Wildman–Crippen LogP) is 13.8. The molecule has 4 aliphatic carbocycles. The zero-order valence-corrected chi connectivity index (χ0v) is 32.6. The van der Waals surface area contributed by atoms with Crippen molar-refractivity contribution in [2.24, 2.45) is 52.3 Å². The predicted molar refractivity (Wildman–Crippen MR) is 207 cm³/mol. The second-order valence-electron chi connectivity index (χ2n) is 17.7. The topological polar surface area (TPSA) is 26.3 Å². The van der Waals surface area contributed by atoms with Crippen LogP contribution in [0.1, 0.15) is 177 Å². The van der Waals surface area contributed by atoms with Gasteiger partial charge in [0, 0.05) is 6.42 Å². The fraction of sp³-hybridized carbons (Fsp3) is 0.804. The van der Waals surface area contributed by atoms with Gasteiger partial charge in [0.1, 0.15) is 6.10 Å². The van der Waals surface area contributed by atoms with Crippen LogP contribution in [0.5, 0.6) is 0 Å². The summed E-state index contributed by atoms with van der Waals surface area (Å²) in [7, 11) is 0. The fourth-order valence-electron chi connectivity index (χ4n) is 10.5. The molecule has 4 aliphatic rings. The Morgan fingerprint density at radius 3 is 2.21 bits per heavy atom. The number of carbonyl (C=O) groups excluding carboxylic acids is 1. The van der Waals surface area contributed by atoms with E-state index in [0.29, 0.717) is 40.9 Å². The third kappa shape index (κ3) is 10.2. The number of hydrogen-bond donors (Lipinski definition) is 0. The van der Waals surface area contributed by atoms with Crippen molar-refractivity contribution in [3.8, 4) is 0 Å². The van der Waals surface area contributed by atoms with Gasteiger partial charge in [0.15, 0.2) is 0 Å². The molecule has 0 aromatic rings. The Balaban J connectivity index is 1.15. The van der Waals surface area contributed by atoms with Gasteiger partial charge in [-0.2, -0.15) is 0 Å². The van der Waals surface area contributed by atoms with Gasteiger partial charge in [-0.25, -0.2) is 0 Å². The van der Waals surface area contributed by atoms with Crippen molar-refractivity contribution < 1.29 is 9.53 Å². The highest BCUT2D eigenvalue weighted by Gasteiger charge is 2.58. The molecule has 48 heavy (non-hydrogen) atoms. The van der Waals surface area contributed by atoms with E-state index in [0.717, 1.165) is 49.9 Å². The first-order chi connectivity index (χ1) is 23.1. The quantitative estimate of drug-likeness (QED) is 0.0783. The van der Waals surface area contributed by atoms with Crippen LogP contribution in [0, 0.1) is 52.3 Å². The Bertz CT molecular complexity index is 1090. The third-order valence-corrected chi connectivity index (χ3v) is 14.1. The van der Waals surface area contributed by atoms with Gasteiger partial charge in [-0.3, -0.25) is 4.79 Å². The lowest BCUT2D eigenvalue weighted by Gasteiger charge is -2.58. The molecule has 4 rings (SSSR count). The first kappa shape index (κ1) is 39.2. The summed E-state index contributed by atoms with van der Waals surface area (Å²) in [6, 6.07) is 0. The molecule has 0 aliphatic heterocycles. The van der Waals surface area contributed by atoms with Gasteiger partial charge in [0.2, 0.25) is 0 Å². The summed E-state index contributed by atoms with van der Waals surface area (Å²) < 4.78 is 6.14. The van der Waals surface area contributed by atoms with E-state index < -0.39 is 0 Å². The van der Waals surface area contributed by atoms with E-state index in [1.54, 1.807) is 0 Å². The van der Waals surface area contributed by atoms with Gasteiger partial charge < -0.3 is 4.74 Å². The summed E-state index contributed by atoms with van der Waals surface area (Å²) in [5.74, 6) is 5.07. The molecule has 2 nitrogen and oxygen atoms in total. The number of rotatable bonds is 19. The molecule has 3 saturated carbocycles. The molecule has 3 fully saturated rings. The Hall–Kier alpha value is -1.57. The van der Waals surface area contributed by atoms with Crippen molar-refractivity contribution in [2.75, 3.05) is 0 Å². The minimum Gasteiger partial charge on any atom is -0.462 e. The van der Waals surface area contributed by atoms with Crippen molar-refractivity contribution in [1.29, 1.82) is 0 Å². The first-order valence-corrected chi connectivity index (χ1v) is 21.0. The number of esters is 1. The molecule has 9 atom stereocenters. The molecule has 0 N–H and O–H groups in total. The third-order valence-electron chi connectivity index (χ3n) is 14.1. The fourth-order valence-corrected chi connectivity index (χ4v) is 10.5. The van der Waals surface area contributed by atoms with Gasteiger partial charge in [0.05, 0.1) is 0 Å². The standard InChI is InChI=1S/C46H76O2/c1-8-9-10-11-12-13-14-15-16-17-18-19-20-21-22-23-44(47)48-39-30-32-45(6)38(34-39)26-27-40-42-29-28-41(46(42,7)33-31-43(40)45)37(5)25-24-36(4)35(2)3/h12-13,15-16,24-25,27,35-39,41-43H,8-11,14,17-23,26,28-34H2,1-7H3/b13-12-,16-15-,25-24+/t36-,37+,38?,39?,41+,42-,43-,45-,46+/m0/s1. The van der Waals surface area contributed by atoms with Crippen molar-refractivity contribution >= 4 is 5.97 Å². The van der Waals surface area contributed by atoms with Crippen LogP contribution in [-0.2, 0) is 9.53 Å². The van der Waals surface area contributed by atoms with Crippen LogP contribution >= 0.6 is 0 Å². The Morgan fingerprint density at radius 2 is 1.48 bits per heavy atom. The van der Waals surface area contributed by atoms with Gasteiger partial charge in [-0.05, 0) is 142 Å². The van der Waals surface area contributed by atoms with Gasteiger partial charge in [-0.15, -0.1) is 0 Å². The molecule has 0 aromatic heterocycles. The summed E-state index contributed by atoms with van der Waals surface area (Å²) >= 11 is 0. The van der Waals surface area contributed by atoms with Crippen molar-refractivity contribution in [3.05, 3.63) is 48.1 Å². The van der Waals surface area contributed by atoms with Gasteiger partial charge in [0.25, 0.3) is 0 Å². The molecule has 0 spiro atoms. The summed E-state index contributed by atoms with van der Waals surface area (Å²) in [6.45, 7) is 17.1. The average Bonchev–Trinajstić information content (AvgIpc) is 3.42. The van der Waals surface area contributed by atoms with E-state index in [4.69, 9.17) is 4.74 Å². The van der Waals surface area contributed by atoms with E-state index in [9.17, 15) is 4.79 Å². The largest absolute Gasteiger partial charge is 0.462 e. The van der Waals surface area contributed by atoms with E-state index >= 15 is 0 Å². The molecule has 0 bridgehead atoms. The van der Waals surface area contributed by atoms with Crippen LogP contribution in [0.4, 0.5) is 0 Å². The smallest absolute Gasteiger partial charge is 0.306 e. The number of ether oxygens (including phenoxy) is 1. The molecule has 272 valence electrons. The summed E-state index contributed by atoms with van der Waals surface area (Å²) in [4.78, 5) is 12.8. The number of fused-ring (bicyclic) bond motifs is 5. The molecule has 0 aromatic carbocycles. The van der Waals surface area contributed by atoms with Crippen LogP contribution in [0.15, 0.2) is 48.1 Å². The molecule has 0 amide bonds. The van der Waals surface area contributed by atoms with E-state index in [1.165, 1.54) is 89.9 Å². The summed E-state index contributed by atoms with van der Waals surface area (Å²) in [6.07, 6.45) is 41.2. The maximum absolute atomic E-state index is 12.8. The molecular formula is C46H76O2. The Labute approximate surface area is 298 Å². The number of unbranched alkanes of at least 4 members (excludes halogenated alkanes) is 8. The molecule has 2 unspecified atom stereocenters. The number of allylic oxidation sites excluding steroid dienone is 8. The number of carbonyl (C=O) groups is 1. The number of hydrogen-bond acceptors (Lipinski definition) is 2. The van der Waals surface area contributed by atoms with Crippen molar-refractivity contribution in [2.45, 2.75) is 183 Å². The maximum atomic E-state index is 12.8. The highest BCUT2D eigenvalue weighted by atomic mass is 16.5. The Morgan fingerprint density at radius 1 is 0.812 bits per heavy atom. The monoisotopic (exact) mass is 661 g/mol. The minimum absolute atomic E-state index is 0.0534. The first-order valence-electron chi connectivity index (χ1n) is 21.0. The lowest BCUT2D eigenvalue weighted by atomic mass is 9.47. The van der Waals surface area contributed by atoms with Crippen molar-refractivity contribution in [1.82, 2.24) is 0 Å². The van der Waals surface area contributed by atoms with Crippen LogP contribution in [0.3, 0.4) is 0 Å². The van der Waals surface area contributed by atoms with Gasteiger partial charge >= 0.3 is 5.97 Å². The highest BCUT2D eigenvalue weighted by Crippen LogP contribution is 2.67. The highest BCUT2D eigenvalue weighted by molar-refractivity contribution is 5.69. The maximum Gasteiger partial charge on any atom is 0.306 e. The second kappa shape index (κ2) is 19.2. The summed E-state index contributed by atoms with van der Waals surface area (Å²) in [5.41, 5.74) is 2.67. The lowest BCUT2D eigenvalue weighted by Crippen LogP contribution is -2.50. The van der Waals surface area contributed by atoms with Crippen LogP contribution in [0.2, 0.25) is 0 Å². The van der Waals surface area contributed by atoms with Gasteiger partial charge in [-0.1, -0.05) is 129 Å². The lowest BCUT2D eigenvalue weighted by molar-refractivity contribution is -0.155. The SMILES string of the molecule is CCCCC/C=C\C/C=C\CCCCCCCC(=O)OC1CC[C@@]2(C)C(CC=C3[C@@H]4CC[C@H]([C@H](C)/C=C/[C@H](C)C(C)C)[C@@]4(C)CC[C@@H]32)C1. The molecule has 0 radical (unpaired) electrons. The molecular weight excluding hydrogens is 585 g/mol. The van der Waals surface area contributed by atoms with Crippen molar-refractivity contribution in [3.63, 3.8) is 0 Å². The van der Waals surface area contributed by atoms with E-state index in [2.05, 4.69) is 91.0 Å².